The minimum absolute atomic E-state index is 0.0330. The number of rotatable bonds is 11. The van der Waals surface area contributed by atoms with E-state index >= 15 is 4.39 Å². The van der Waals surface area contributed by atoms with Crippen LogP contribution in [-0.4, -0.2) is 86.4 Å². The van der Waals surface area contributed by atoms with Crippen LogP contribution in [0.15, 0.2) is 47.7 Å². The zero-order valence-corrected chi connectivity index (χ0v) is 27.4. The highest BCUT2D eigenvalue weighted by Gasteiger charge is 2.44. The van der Waals surface area contributed by atoms with Crippen molar-refractivity contribution in [2.75, 3.05) is 36.3 Å². The number of carbonyl (C=O) groups is 2. The number of phosphoric ester groups is 1. The molecule has 5 heterocycles. The second kappa shape index (κ2) is 12.6. The summed E-state index contributed by atoms with van der Waals surface area (Å²) in [4.78, 5) is 50.4. The number of carboxylic acid groups (broad SMARTS) is 1. The number of nitrogens with zero attached hydrogens (tertiary/aromatic N) is 6. The van der Waals surface area contributed by atoms with Crippen molar-refractivity contribution in [2.24, 2.45) is 0 Å². The Hall–Kier alpha value is -5.10. The Balaban J connectivity index is 0.910. The fourth-order valence-corrected chi connectivity index (χ4v) is 7.49. The summed E-state index contributed by atoms with van der Waals surface area (Å²) in [6.07, 6.45) is 3.91. The van der Waals surface area contributed by atoms with Crippen LogP contribution in [0, 0.1) is 11.6 Å². The van der Waals surface area contributed by atoms with E-state index in [1.807, 2.05) is 0 Å². The number of fused-ring (bicyclic) bond motifs is 5. The van der Waals surface area contributed by atoms with Gasteiger partial charge < -0.3 is 33.7 Å². The number of ether oxygens (including phenoxy) is 3. The zero-order valence-electron chi connectivity index (χ0n) is 26.5. The lowest BCUT2D eigenvalue weighted by atomic mass is 10.1. The van der Waals surface area contributed by atoms with Crippen LogP contribution in [0.4, 0.5) is 25.0 Å². The van der Waals surface area contributed by atoms with Crippen LogP contribution >= 0.6 is 7.82 Å². The zero-order chi connectivity index (χ0) is 35.6. The maximum Gasteiger partial charge on any atom is 0.475 e. The summed E-state index contributed by atoms with van der Waals surface area (Å²) in [7, 11) is -4.77. The van der Waals surface area contributed by atoms with Crippen LogP contribution in [0.25, 0.3) is 10.9 Å². The number of aromatic carboxylic acids is 1. The molecule has 4 atom stereocenters. The molecule has 8 rings (SSSR count). The maximum absolute atomic E-state index is 15.7. The fraction of sp³-hybridized carbons (Fsp3) is 0.387. The standard InChI is InChI=1S/C31H29F2N6O11P/c32-23-8-17(39-12-20(49-31(39)43)10-36-6-5-34-35-36)3-4-25(23)47-15-48-51(44,45)50-19-7-18-14-46-29-26-21(9-24(33)27(29)37(18)11-19)28(40)22(30(41)42)13-38(26)16-1-2-16/h3-6,8-9,13,16,18-20H,1-2,7,10-12,14-15H2,(H,41,42)(H,44,45)/t18-,19+,20+/m1/s1. The minimum atomic E-state index is -4.77. The van der Waals surface area contributed by atoms with Gasteiger partial charge in [0.25, 0.3) is 0 Å². The Kier molecular flexibility index (Phi) is 8.16. The molecule has 0 spiro atoms. The van der Waals surface area contributed by atoms with Gasteiger partial charge in [0.05, 0.1) is 48.0 Å². The van der Waals surface area contributed by atoms with E-state index in [1.165, 1.54) is 34.1 Å². The molecule has 268 valence electrons. The van der Waals surface area contributed by atoms with Gasteiger partial charge in [0.2, 0.25) is 12.2 Å². The van der Waals surface area contributed by atoms with Gasteiger partial charge in [-0.3, -0.25) is 14.2 Å². The molecule has 0 radical (unpaired) electrons. The van der Waals surface area contributed by atoms with Crippen molar-refractivity contribution in [3.63, 3.8) is 0 Å². The quantitative estimate of drug-likeness (QED) is 0.168. The van der Waals surface area contributed by atoms with Crippen LogP contribution in [0.3, 0.4) is 0 Å². The van der Waals surface area contributed by atoms with Crippen molar-refractivity contribution < 1.29 is 56.2 Å². The number of hydrogen-bond acceptors (Lipinski definition) is 12. The van der Waals surface area contributed by atoms with E-state index in [0.717, 1.165) is 25.0 Å². The summed E-state index contributed by atoms with van der Waals surface area (Å²) in [6.45, 7) is -0.450. The van der Waals surface area contributed by atoms with Crippen molar-refractivity contribution in [3.8, 4) is 11.5 Å². The summed E-state index contributed by atoms with van der Waals surface area (Å²) in [6, 6.07) is 4.16. The first kappa shape index (κ1) is 33.1. The van der Waals surface area contributed by atoms with Gasteiger partial charge >= 0.3 is 19.9 Å². The predicted molar refractivity (Wildman–Crippen MR) is 170 cm³/mol. The molecule has 1 amide bonds. The number of halogens is 2. The summed E-state index contributed by atoms with van der Waals surface area (Å²) < 4.78 is 73.5. The first-order valence-electron chi connectivity index (χ1n) is 15.9. The highest BCUT2D eigenvalue weighted by molar-refractivity contribution is 7.47. The van der Waals surface area contributed by atoms with Gasteiger partial charge in [-0.25, -0.2) is 32.1 Å². The van der Waals surface area contributed by atoms with Crippen LogP contribution in [0.2, 0.25) is 0 Å². The van der Waals surface area contributed by atoms with E-state index in [-0.39, 0.29) is 72.5 Å². The summed E-state index contributed by atoms with van der Waals surface area (Å²) in [5.74, 6) is -3.34. The van der Waals surface area contributed by atoms with Gasteiger partial charge in [-0.2, -0.15) is 0 Å². The lowest BCUT2D eigenvalue weighted by Gasteiger charge is -2.34. The van der Waals surface area contributed by atoms with Gasteiger partial charge in [0.15, 0.2) is 23.1 Å². The number of benzene rings is 2. The molecule has 2 aromatic heterocycles. The van der Waals surface area contributed by atoms with Crippen LogP contribution < -0.4 is 24.7 Å². The van der Waals surface area contributed by atoms with Gasteiger partial charge in [-0.05, 0) is 37.5 Å². The van der Waals surface area contributed by atoms with Crippen molar-refractivity contribution in [1.29, 1.82) is 0 Å². The Bertz CT molecular complexity index is 2160. The van der Waals surface area contributed by atoms with Crippen LogP contribution in [-0.2, 0) is 24.9 Å². The third-order valence-corrected chi connectivity index (χ3v) is 10.1. The van der Waals surface area contributed by atoms with Gasteiger partial charge in [-0.15, -0.1) is 5.10 Å². The van der Waals surface area contributed by atoms with E-state index < -0.39 is 67.6 Å². The van der Waals surface area contributed by atoms with Gasteiger partial charge in [0, 0.05) is 31.0 Å². The molecule has 51 heavy (non-hydrogen) atoms. The van der Waals surface area contributed by atoms with E-state index in [2.05, 4.69) is 10.3 Å². The fourth-order valence-electron chi connectivity index (χ4n) is 6.72. The number of cyclic esters (lactones) is 1. The molecule has 3 fully saturated rings. The van der Waals surface area contributed by atoms with E-state index in [9.17, 15) is 33.3 Å². The minimum Gasteiger partial charge on any atom is -0.487 e. The van der Waals surface area contributed by atoms with E-state index in [1.54, 1.807) is 15.7 Å². The molecule has 0 bridgehead atoms. The molecule has 1 aliphatic carbocycles. The van der Waals surface area contributed by atoms with Crippen molar-refractivity contribution in [1.82, 2.24) is 19.6 Å². The number of pyridine rings is 1. The third-order valence-electron chi connectivity index (χ3n) is 9.13. The van der Waals surface area contributed by atoms with Crippen molar-refractivity contribution in [2.45, 2.75) is 50.1 Å². The lowest BCUT2D eigenvalue weighted by Crippen LogP contribution is -2.39. The van der Waals surface area contributed by atoms with Gasteiger partial charge in [0.1, 0.15) is 24.0 Å². The monoisotopic (exact) mass is 730 g/mol. The largest absolute Gasteiger partial charge is 0.487 e. The number of hydrogen-bond donors (Lipinski definition) is 2. The third kappa shape index (κ3) is 6.26. The SMILES string of the molecule is O=C(O)c1cn(C2CC2)c2c3c(c(F)cc2c1=O)N1C[C@@H](OP(=O)(O)OCOc2ccc(N4C[C@H](Cn5ccnn5)OC4=O)cc2F)C[C@@H]1CO3. The molecule has 2 saturated heterocycles. The molecule has 1 unspecified atom stereocenters. The van der Waals surface area contributed by atoms with Crippen molar-refractivity contribution in [3.05, 3.63) is 70.3 Å². The summed E-state index contributed by atoms with van der Waals surface area (Å²) >= 11 is 0. The molecular formula is C31H29F2N6O11P. The lowest BCUT2D eigenvalue weighted by molar-refractivity contribution is 0.0499. The summed E-state index contributed by atoms with van der Waals surface area (Å²) in [5.41, 5.74) is -0.775. The highest BCUT2D eigenvalue weighted by atomic mass is 31.2. The molecule has 3 aliphatic heterocycles. The second-order valence-corrected chi connectivity index (χ2v) is 14.0. The number of carbonyl (C=O) groups excluding carboxylic acids is 1. The number of amides is 1. The molecule has 2 aromatic carbocycles. The average molecular weight is 731 g/mol. The van der Waals surface area contributed by atoms with E-state index in [0.29, 0.717) is 0 Å². The Morgan fingerprint density at radius 1 is 1.12 bits per heavy atom. The number of anilines is 2. The molecule has 4 aromatic rings. The molecular weight excluding hydrogens is 701 g/mol. The second-order valence-electron chi connectivity index (χ2n) is 12.5. The molecule has 4 aliphatic rings. The molecule has 17 nitrogen and oxygen atoms in total. The first-order valence-corrected chi connectivity index (χ1v) is 17.4. The Labute approximate surface area is 286 Å². The van der Waals surface area contributed by atoms with Gasteiger partial charge in [-0.1, -0.05) is 5.21 Å². The number of aromatic nitrogens is 4. The predicted octanol–water partition coefficient (Wildman–Crippen LogP) is 3.44. The smallest absolute Gasteiger partial charge is 0.475 e. The average Bonchev–Trinajstić information content (AvgIpc) is 3.44. The first-order chi connectivity index (χ1) is 24.5. The molecule has 1 saturated carbocycles. The van der Waals surface area contributed by atoms with Crippen LogP contribution in [0.5, 0.6) is 11.5 Å². The topological polar surface area (TPSA) is 197 Å². The Morgan fingerprint density at radius 3 is 2.67 bits per heavy atom. The maximum atomic E-state index is 15.7. The Morgan fingerprint density at radius 2 is 1.94 bits per heavy atom. The highest BCUT2D eigenvalue weighted by Crippen LogP contribution is 2.50. The van der Waals surface area contributed by atoms with E-state index in [4.69, 9.17) is 23.3 Å². The molecule has 2 N–H and O–H groups in total. The van der Waals surface area contributed by atoms with Crippen LogP contribution in [0.1, 0.15) is 35.7 Å². The number of carboxylic acids is 1. The molecule has 20 heteroatoms. The van der Waals surface area contributed by atoms with Crippen molar-refractivity contribution >= 4 is 42.2 Å². The summed E-state index contributed by atoms with van der Waals surface area (Å²) in [5, 5.41) is 17.0. The number of phosphoric acid groups is 1. The normalized spacial score (nSPS) is 22.3.